The molecule has 3 aromatic carbocycles. The lowest BCUT2D eigenvalue weighted by Crippen LogP contribution is -2.13. The molecule has 0 fully saturated rings. The summed E-state index contributed by atoms with van der Waals surface area (Å²) < 4.78 is 41.2. The maximum atomic E-state index is 12.6. The summed E-state index contributed by atoms with van der Waals surface area (Å²) in [7, 11) is -2.72. The number of ether oxygens (including phenoxy) is 2. The van der Waals surface area contributed by atoms with E-state index in [-0.39, 0.29) is 22.0 Å². The molecule has 0 aliphatic heterocycles. The van der Waals surface area contributed by atoms with E-state index >= 15 is 0 Å². The van der Waals surface area contributed by atoms with E-state index in [9.17, 15) is 18.5 Å². The number of carbonyl (C=O) groups is 1. The van der Waals surface area contributed by atoms with Crippen LogP contribution in [-0.2, 0) is 14.9 Å². The van der Waals surface area contributed by atoms with Gasteiger partial charge < -0.3 is 19.0 Å². The monoisotopic (exact) mass is 492 g/mol. The van der Waals surface area contributed by atoms with Crippen molar-refractivity contribution in [3.63, 3.8) is 0 Å². The molecule has 1 amide bonds. The third kappa shape index (κ3) is 6.62. The fourth-order valence-corrected chi connectivity index (χ4v) is 4.00. The minimum Gasteiger partial charge on any atom is -0.494 e. The summed E-state index contributed by atoms with van der Waals surface area (Å²) in [6.45, 7) is 4.18. The van der Waals surface area contributed by atoms with Crippen LogP contribution in [0.25, 0.3) is 6.08 Å². The van der Waals surface area contributed by atoms with E-state index in [1.165, 1.54) is 43.5 Å². The molecule has 1 N–H and O–H groups in total. The second kappa shape index (κ2) is 11.2. The molecule has 0 aliphatic rings. The quantitative estimate of drug-likeness (QED) is 0.261. The smallest absolute Gasteiger partial charge is 0.339 e. The topological polar surface area (TPSA) is 115 Å². The number of benzene rings is 3. The number of nitrogens with one attached hydrogen (secondary N) is 1. The maximum Gasteiger partial charge on any atom is 0.339 e. The van der Waals surface area contributed by atoms with Gasteiger partial charge in [-0.15, -0.1) is 0 Å². The van der Waals surface area contributed by atoms with Crippen molar-refractivity contribution < 1.29 is 26.9 Å². The van der Waals surface area contributed by atoms with E-state index < -0.39 is 16.0 Å². The van der Waals surface area contributed by atoms with E-state index in [4.69, 9.17) is 13.7 Å². The first-order valence-electron chi connectivity index (χ1n) is 10.6. The normalized spacial score (nSPS) is 11.3. The highest BCUT2D eigenvalue weighted by molar-refractivity contribution is 7.87. The van der Waals surface area contributed by atoms with Gasteiger partial charge in [0.1, 0.15) is 22.3 Å². The summed E-state index contributed by atoms with van der Waals surface area (Å²) in [5, 5.41) is 12.2. The summed E-state index contributed by atoms with van der Waals surface area (Å²) in [6.07, 6.45) is 1.36. The van der Waals surface area contributed by atoms with E-state index in [0.717, 1.165) is 5.56 Å². The third-order valence-corrected chi connectivity index (χ3v) is 6.02. The van der Waals surface area contributed by atoms with Crippen LogP contribution in [0.1, 0.15) is 18.1 Å². The number of nitrogens with zero attached hydrogens (tertiary/aromatic N) is 1. The Bertz CT molecular complexity index is 1390. The first kappa shape index (κ1) is 25.3. The molecule has 35 heavy (non-hydrogen) atoms. The molecule has 0 aromatic heterocycles. The van der Waals surface area contributed by atoms with Crippen molar-refractivity contribution in [2.75, 3.05) is 19.0 Å². The van der Waals surface area contributed by atoms with Gasteiger partial charge in [-0.05, 0) is 61.9 Å². The lowest BCUT2D eigenvalue weighted by Gasteiger charge is -2.12. The van der Waals surface area contributed by atoms with Crippen LogP contribution in [0, 0.1) is 18.3 Å². The second-order valence-corrected chi connectivity index (χ2v) is 8.89. The summed E-state index contributed by atoms with van der Waals surface area (Å²) in [5.41, 5.74) is 1.67. The van der Waals surface area contributed by atoms with Gasteiger partial charge in [-0.3, -0.25) is 4.79 Å². The van der Waals surface area contributed by atoms with Crippen LogP contribution in [0.4, 0.5) is 5.69 Å². The number of hydrogen-bond donors (Lipinski definition) is 1. The van der Waals surface area contributed by atoms with Crippen molar-refractivity contribution >= 4 is 27.8 Å². The fraction of sp³-hybridized carbons (Fsp3) is 0.154. The van der Waals surface area contributed by atoms with Crippen molar-refractivity contribution in [2.45, 2.75) is 18.7 Å². The summed E-state index contributed by atoms with van der Waals surface area (Å²) in [6, 6.07) is 19.3. The Labute approximate surface area is 204 Å². The van der Waals surface area contributed by atoms with Crippen LogP contribution in [0.15, 0.2) is 77.2 Å². The lowest BCUT2D eigenvalue weighted by atomic mass is 10.1. The number of amides is 1. The van der Waals surface area contributed by atoms with Crippen molar-refractivity contribution in [3.8, 4) is 23.3 Å². The Morgan fingerprint density at radius 1 is 1.06 bits per heavy atom. The van der Waals surface area contributed by atoms with Crippen molar-refractivity contribution in [1.29, 1.82) is 5.26 Å². The van der Waals surface area contributed by atoms with Crippen molar-refractivity contribution in [1.82, 2.24) is 0 Å². The Morgan fingerprint density at radius 2 is 1.80 bits per heavy atom. The average Bonchev–Trinajstić information content (AvgIpc) is 2.83. The molecule has 0 radical (unpaired) electrons. The number of nitriles is 1. The fourth-order valence-electron chi connectivity index (χ4n) is 3.06. The van der Waals surface area contributed by atoms with Crippen LogP contribution in [-0.4, -0.2) is 28.0 Å². The molecule has 0 spiro atoms. The van der Waals surface area contributed by atoms with E-state index in [1.807, 2.05) is 19.9 Å². The number of rotatable bonds is 9. The highest BCUT2D eigenvalue weighted by Gasteiger charge is 2.19. The minimum absolute atomic E-state index is 0.00553. The standard InChI is InChI=1S/C26H24N2O6S/c1-4-33-22-7-5-6-21(16-22)28-26(29)20(17-27)14-19-10-13-24(25(15-19)32-3)34-35(30,31)23-11-8-18(2)9-12-23/h5-16H,4H2,1-3H3,(H,28,29)/b20-14+. The molecule has 3 rings (SSSR count). The molecule has 8 nitrogen and oxygen atoms in total. The largest absolute Gasteiger partial charge is 0.494 e. The number of methoxy groups -OCH3 is 1. The van der Waals surface area contributed by atoms with Crippen LogP contribution in [0.5, 0.6) is 17.2 Å². The Kier molecular flexibility index (Phi) is 8.12. The van der Waals surface area contributed by atoms with Gasteiger partial charge >= 0.3 is 10.1 Å². The predicted octanol–water partition coefficient (Wildman–Crippen LogP) is 4.72. The molecule has 0 saturated carbocycles. The first-order chi connectivity index (χ1) is 16.7. The van der Waals surface area contributed by atoms with Gasteiger partial charge in [0.15, 0.2) is 11.5 Å². The Hall–Kier alpha value is -4.29. The molecule has 0 saturated heterocycles. The van der Waals surface area contributed by atoms with Gasteiger partial charge in [0.25, 0.3) is 5.91 Å². The molecule has 9 heteroatoms. The Morgan fingerprint density at radius 3 is 2.46 bits per heavy atom. The molecule has 3 aromatic rings. The van der Waals surface area contributed by atoms with Crippen LogP contribution >= 0.6 is 0 Å². The van der Waals surface area contributed by atoms with Crippen molar-refractivity contribution in [2.24, 2.45) is 0 Å². The SMILES string of the molecule is CCOc1cccc(NC(=O)/C(C#N)=C/c2ccc(OS(=O)(=O)c3ccc(C)cc3)c(OC)c2)c1. The first-order valence-corrected chi connectivity index (χ1v) is 12.0. The molecular formula is C26H24N2O6S. The van der Waals surface area contributed by atoms with Gasteiger partial charge in [-0.1, -0.05) is 29.8 Å². The minimum atomic E-state index is -4.08. The number of hydrogen-bond acceptors (Lipinski definition) is 7. The lowest BCUT2D eigenvalue weighted by molar-refractivity contribution is -0.112. The summed E-state index contributed by atoms with van der Waals surface area (Å²) in [4.78, 5) is 12.6. The Balaban J connectivity index is 1.82. The molecule has 0 atom stereocenters. The molecule has 0 bridgehead atoms. The van der Waals surface area contributed by atoms with Gasteiger partial charge in [0, 0.05) is 11.8 Å². The third-order valence-electron chi connectivity index (χ3n) is 4.78. The zero-order chi connectivity index (χ0) is 25.4. The number of carbonyl (C=O) groups excluding carboxylic acids is 1. The van der Waals surface area contributed by atoms with E-state index in [0.29, 0.717) is 23.6 Å². The average molecular weight is 493 g/mol. The molecule has 0 heterocycles. The highest BCUT2D eigenvalue weighted by atomic mass is 32.2. The zero-order valence-corrected chi connectivity index (χ0v) is 20.3. The van der Waals surface area contributed by atoms with E-state index in [2.05, 4.69) is 5.32 Å². The van der Waals surface area contributed by atoms with Gasteiger partial charge in [-0.25, -0.2) is 0 Å². The zero-order valence-electron chi connectivity index (χ0n) is 19.4. The summed E-state index contributed by atoms with van der Waals surface area (Å²) in [5.74, 6) is 0.0774. The van der Waals surface area contributed by atoms with Gasteiger partial charge in [-0.2, -0.15) is 13.7 Å². The molecule has 0 aliphatic carbocycles. The van der Waals surface area contributed by atoms with Gasteiger partial charge in [0.2, 0.25) is 0 Å². The van der Waals surface area contributed by atoms with Crippen LogP contribution in [0.3, 0.4) is 0 Å². The van der Waals surface area contributed by atoms with E-state index in [1.54, 1.807) is 36.4 Å². The molecule has 0 unspecified atom stereocenters. The van der Waals surface area contributed by atoms with Crippen LogP contribution in [0.2, 0.25) is 0 Å². The summed E-state index contributed by atoms with van der Waals surface area (Å²) >= 11 is 0. The molecule has 180 valence electrons. The predicted molar refractivity (Wildman–Crippen MR) is 132 cm³/mol. The number of aryl methyl sites for hydroxylation is 1. The van der Waals surface area contributed by atoms with Crippen LogP contribution < -0.4 is 19.0 Å². The van der Waals surface area contributed by atoms with Gasteiger partial charge in [0.05, 0.1) is 13.7 Å². The highest BCUT2D eigenvalue weighted by Crippen LogP contribution is 2.31. The number of anilines is 1. The maximum absolute atomic E-state index is 12.6. The second-order valence-electron chi connectivity index (χ2n) is 7.35. The molecular weight excluding hydrogens is 468 g/mol. The van der Waals surface area contributed by atoms with Crippen molar-refractivity contribution in [3.05, 3.63) is 83.4 Å².